The number of nitrogens with zero attached hydrogens (tertiary/aromatic N) is 2. The van der Waals surface area contributed by atoms with E-state index in [4.69, 9.17) is 4.74 Å². The molecule has 0 saturated carbocycles. The van der Waals surface area contributed by atoms with Gasteiger partial charge in [0.15, 0.2) is 4.34 Å². The highest BCUT2D eigenvalue weighted by Crippen LogP contribution is 2.28. The van der Waals surface area contributed by atoms with Crippen LogP contribution in [0.5, 0.6) is 11.5 Å². The molecule has 0 spiro atoms. The van der Waals surface area contributed by atoms with E-state index in [-0.39, 0.29) is 5.91 Å². The zero-order chi connectivity index (χ0) is 18.2. The summed E-state index contributed by atoms with van der Waals surface area (Å²) in [5.74, 6) is 2.32. The Morgan fingerprint density at radius 1 is 1.08 bits per heavy atom. The number of para-hydroxylation sites is 1. The predicted molar refractivity (Wildman–Crippen MR) is 106 cm³/mol. The summed E-state index contributed by atoms with van der Waals surface area (Å²) in [7, 11) is 0. The van der Waals surface area contributed by atoms with Crippen molar-refractivity contribution in [3.8, 4) is 11.5 Å². The molecule has 0 radical (unpaired) electrons. The summed E-state index contributed by atoms with van der Waals surface area (Å²) >= 11 is 3.05. The molecule has 0 fully saturated rings. The van der Waals surface area contributed by atoms with Crippen molar-refractivity contribution < 1.29 is 9.53 Å². The van der Waals surface area contributed by atoms with Crippen LogP contribution in [-0.4, -0.2) is 28.4 Å². The van der Waals surface area contributed by atoms with Crippen molar-refractivity contribution in [2.24, 2.45) is 0 Å². The van der Waals surface area contributed by atoms with Gasteiger partial charge in [-0.2, -0.15) is 0 Å². The number of carbonyl (C=O) groups is 1. The van der Waals surface area contributed by atoms with Gasteiger partial charge in [0, 0.05) is 24.9 Å². The van der Waals surface area contributed by atoms with E-state index < -0.39 is 0 Å². The van der Waals surface area contributed by atoms with E-state index in [0.717, 1.165) is 32.4 Å². The quantitative estimate of drug-likeness (QED) is 0.444. The van der Waals surface area contributed by atoms with Crippen LogP contribution in [0.2, 0.25) is 0 Å². The van der Waals surface area contributed by atoms with E-state index in [0.29, 0.717) is 6.54 Å². The molecule has 1 aromatic heterocycles. The Labute approximate surface area is 160 Å². The zero-order valence-corrected chi connectivity index (χ0v) is 15.8. The SMILES string of the molecule is CC(=O)NCCSc1nnc(Nc2ccc(Oc3ccccc3)cc2)s1. The largest absolute Gasteiger partial charge is 0.457 e. The molecular weight excluding hydrogens is 368 g/mol. The van der Waals surface area contributed by atoms with Gasteiger partial charge in [-0.3, -0.25) is 4.79 Å². The number of hydrogen-bond acceptors (Lipinski definition) is 7. The van der Waals surface area contributed by atoms with Gasteiger partial charge >= 0.3 is 0 Å². The number of amides is 1. The normalized spacial score (nSPS) is 10.3. The van der Waals surface area contributed by atoms with Crippen molar-refractivity contribution >= 4 is 39.8 Å². The van der Waals surface area contributed by atoms with Gasteiger partial charge in [0.05, 0.1) is 0 Å². The molecule has 0 saturated heterocycles. The van der Waals surface area contributed by atoms with Crippen molar-refractivity contribution in [3.05, 3.63) is 54.6 Å². The smallest absolute Gasteiger partial charge is 0.216 e. The second-order valence-electron chi connectivity index (χ2n) is 5.27. The second-order valence-corrected chi connectivity index (χ2v) is 7.59. The van der Waals surface area contributed by atoms with Crippen LogP contribution < -0.4 is 15.4 Å². The van der Waals surface area contributed by atoms with Crippen molar-refractivity contribution in [1.29, 1.82) is 0 Å². The van der Waals surface area contributed by atoms with Gasteiger partial charge in [-0.1, -0.05) is 41.3 Å². The predicted octanol–water partition coefficient (Wildman–Crippen LogP) is 4.30. The highest BCUT2D eigenvalue weighted by molar-refractivity contribution is 8.01. The Bertz CT molecular complexity index is 838. The molecule has 0 atom stereocenters. The summed E-state index contributed by atoms with van der Waals surface area (Å²) in [5.41, 5.74) is 0.913. The monoisotopic (exact) mass is 386 g/mol. The summed E-state index contributed by atoms with van der Waals surface area (Å²) in [5, 5.41) is 15.0. The molecule has 1 heterocycles. The minimum absolute atomic E-state index is 0.0232. The lowest BCUT2D eigenvalue weighted by Gasteiger charge is -2.06. The molecule has 2 N–H and O–H groups in total. The molecule has 3 aromatic rings. The summed E-state index contributed by atoms with van der Waals surface area (Å²) in [6.07, 6.45) is 0. The van der Waals surface area contributed by atoms with Crippen molar-refractivity contribution in [1.82, 2.24) is 15.5 Å². The third-order valence-corrected chi connectivity index (χ3v) is 5.17. The van der Waals surface area contributed by atoms with E-state index in [1.165, 1.54) is 18.3 Å². The van der Waals surface area contributed by atoms with Crippen LogP contribution >= 0.6 is 23.1 Å². The lowest BCUT2D eigenvalue weighted by molar-refractivity contribution is -0.118. The molecule has 0 aliphatic rings. The van der Waals surface area contributed by atoms with Crippen LogP contribution in [-0.2, 0) is 4.79 Å². The van der Waals surface area contributed by atoms with Gasteiger partial charge in [-0.25, -0.2) is 0 Å². The number of ether oxygens (including phenoxy) is 1. The molecule has 0 aliphatic heterocycles. The molecule has 26 heavy (non-hydrogen) atoms. The van der Waals surface area contributed by atoms with E-state index in [9.17, 15) is 4.79 Å². The first-order valence-corrected chi connectivity index (χ1v) is 9.80. The number of rotatable bonds is 8. The standard InChI is InChI=1S/C18H18N4O2S2/c1-13(23)19-11-12-25-18-22-21-17(26-18)20-14-7-9-16(10-8-14)24-15-5-3-2-4-6-15/h2-10H,11-12H2,1H3,(H,19,23)(H,20,21). The van der Waals surface area contributed by atoms with Crippen LogP contribution in [0, 0.1) is 0 Å². The first-order valence-electron chi connectivity index (χ1n) is 8.00. The topological polar surface area (TPSA) is 76.1 Å². The molecule has 8 heteroatoms. The highest BCUT2D eigenvalue weighted by atomic mass is 32.2. The number of carbonyl (C=O) groups excluding carboxylic acids is 1. The Morgan fingerprint density at radius 3 is 2.54 bits per heavy atom. The summed E-state index contributed by atoms with van der Waals surface area (Å²) in [4.78, 5) is 10.8. The molecule has 0 aliphatic carbocycles. The van der Waals surface area contributed by atoms with Gasteiger partial charge in [0.2, 0.25) is 11.0 Å². The molecule has 2 aromatic carbocycles. The molecule has 6 nitrogen and oxygen atoms in total. The maximum atomic E-state index is 10.8. The highest BCUT2D eigenvalue weighted by Gasteiger charge is 2.06. The Kier molecular flexibility index (Phi) is 6.45. The van der Waals surface area contributed by atoms with Crippen LogP contribution in [0.1, 0.15) is 6.92 Å². The number of aromatic nitrogens is 2. The maximum Gasteiger partial charge on any atom is 0.216 e. The first-order chi connectivity index (χ1) is 12.7. The molecular formula is C18H18N4O2S2. The van der Waals surface area contributed by atoms with Crippen LogP contribution in [0.3, 0.4) is 0 Å². The van der Waals surface area contributed by atoms with Crippen molar-refractivity contribution in [2.75, 3.05) is 17.6 Å². The summed E-state index contributed by atoms with van der Waals surface area (Å²) < 4.78 is 6.64. The van der Waals surface area contributed by atoms with Gasteiger partial charge in [-0.05, 0) is 36.4 Å². The van der Waals surface area contributed by atoms with E-state index in [1.807, 2.05) is 54.6 Å². The average Bonchev–Trinajstić information content (AvgIpc) is 3.08. The van der Waals surface area contributed by atoms with Gasteiger partial charge in [0.1, 0.15) is 11.5 Å². The fourth-order valence-corrected chi connectivity index (χ4v) is 3.74. The Morgan fingerprint density at radius 2 is 1.81 bits per heavy atom. The third-order valence-electron chi connectivity index (χ3n) is 3.19. The zero-order valence-electron chi connectivity index (χ0n) is 14.1. The summed E-state index contributed by atoms with van der Waals surface area (Å²) in [6, 6.07) is 17.3. The summed E-state index contributed by atoms with van der Waals surface area (Å²) in [6.45, 7) is 2.12. The van der Waals surface area contributed by atoms with E-state index in [1.54, 1.807) is 11.8 Å². The Hall–Kier alpha value is -2.58. The second kappa shape index (κ2) is 9.21. The number of hydrogen-bond donors (Lipinski definition) is 2. The van der Waals surface area contributed by atoms with E-state index >= 15 is 0 Å². The minimum atomic E-state index is -0.0232. The number of anilines is 2. The number of benzene rings is 2. The van der Waals surface area contributed by atoms with Gasteiger partial charge in [0.25, 0.3) is 0 Å². The number of nitrogens with one attached hydrogen (secondary N) is 2. The van der Waals surface area contributed by atoms with Gasteiger partial charge < -0.3 is 15.4 Å². The Balaban J connectivity index is 1.50. The van der Waals surface area contributed by atoms with Crippen LogP contribution in [0.15, 0.2) is 58.9 Å². The van der Waals surface area contributed by atoms with Gasteiger partial charge in [-0.15, -0.1) is 10.2 Å². The first kappa shape index (κ1) is 18.2. The van der Waals surface area contributed by atoms with Crippen molar-refractivity contribution in [3.63, 3.8) is 0 Å². The van der Waals surface area contributed by atoms with Crippen LogP contribution in [0.4, 0.5) is 10.8 Å². The molecule has 134 valence electrons. The van der Waals surface area contributed by atoms with E-state index in [2.05, 4.69) is 20.8 Å². The third kappa shape index (κ3) is 5.75. The minimum Gasteiger partial charge on any atom is -0.457 e. The molecule has 1 amide bonds. The number of thioether (sulfide) groups is 1. The van der Waals surface area contributed by atoms with Crippen molar-refractivity contribution in [2.45, 2.75) is 11.3 Å². The molecule has 0 unspecified atom stereocenters. The molecule has 3 rings (SSSR count). The lowest BCUT2D eigenvalue weighted by Crippen LogP contribution is -2.22. The lowest BCUT2D eigenvalue weighted by atomic mass is 10.3. The van der Waals surface area contributed by atoms with Crippen LogP contribution in [0.25, 0.3) is 0 Å². The average molecular weight is 387 g/mol. The molecule has 0 bridgehead atoms. The fourth-order valence-electron chi connectivity index (χ4n) is 2.04. The maximum absolute atomic E-state index is 10.8. The fraction of sp³-hybridized carbons (Fsp3) is 0.167.